The molecule has 36 heavy (non-hydrogen) atoms. The van der Waals surface area contributed by atoms with Crippen LogP contribution in [-0.2, 0) is 20.8 Å². The molecule has 2 aliphatic heterocycles. The van der Waals surface area contributed by atoms with Crippen LogP contribution in [0.5, 0.6) is 5.75 Å². The van der Waals surface area contributed by atoms with Crippen molar-refractivity contribution in [1.82, 2.24) is 30.8 Å². The number of carbonyl (C=O) groups excluding carboxylic acids is 4. The van der Waals surface area contributed by atoms with E-state index in [9.17, 15) is 19.2 Å². The highest BCUT2D eigenvalue weighted by atomic mass is 16.5. The number of nitrogens with one attached hydrogen (secondary N) is 3. The van der Waals surface area contributed by atoms with E-state index < -0.39 is 29.8 Å². The second-order valence-electron chi connectivity index (χ2n) is 8.89. The number of amides is 4. The number of benzene rings is 1. The molecule has 190 valence electrons. The summed E-state index contributed by atoms with van der Waals surface area (Å²) in [6, 6.07) is 4.64. The lowest BCUT2D eigenvalue weighted by molar-refractivity contribution is -0.137. The topological polar surface area (TPSA) is 143 Å². The summed E-state index contributed by atoms with van der Waals surface area (Å²) in [5, 5.41) is 8.08. The van der Waals surface area contributed by atoms with Crippen LogP contribution in [0.2, 0.25) is 0 Å². The number of ether oxygens (including phenoxy) is 1. The molecule has 2 aliphatic rings. The number of para-hydroxylation sites is 1. The molecule has 1 fully saturated rings. The fourth-order valence-electron chi connectivity index (χ4n) is 4.40. The zero-order chi connectivity index (χ0) is 25.5. The van der Waals surface area contributed by atoms with Crippen molar-refractivity contribution in [3.8, 4) is 5.75 Å². The molecule has 3 atom stereocenters. The zero-order valence-electron chi connectivity index (χ0n) is 20.1. The van der Waals surface area contributed by atoms with Crippen molar-refractivity contribution >= 4 is 23.6 Å². The third-order valence-electron chi connectivity index (χ3n) is 6.28. The molecule has 11 heteroatoms. The van der Waals surface area contributed by atoms with E-state index in [1.54, 1.807) is 54.7 Å². The van der Waals surface area contributed by atoms with Crippen molar-refractivity contribution < 1.29 is 23.9 Å². The Balaban J connectivity index is 1.53. The fourth-order valence-corrected chi connectivity index (χ4v) is 4.40. The van der Waals surface area contributed by atoms with Crippen molar-refractivity contribution in [3.63, 3.8) is 0 Å². The second-order valence-corrected chi connectivity index (χ2v) is 8.89. The van der Waals surface area contributed by atoms with Crippen LogP contribution in [0.15, 0.2) is 42.9 Å². The van der Waals surface area contributed by atoms with Gasteiger partial charge in [0.25, 0.3) is 5.91 Å². The highest BCUT2D eigenvalue weighted by molar-refractivity contribution is 6.01. The van der Waals surface area contributed by atoms with E-state index in [-0.39, 0.29) is 37.1 Å². The van der Waals surface area contributed by atoms with Crippen LogP contribution in [0.1, 0.15) is 42.2 Å². The van der Waals surface area contributed by atoms with Gasteiger partial charge in [-0.3, -0.25) is 29.1 Å². The number of aromatic nitrogens is 2. The minimum absolute atomic E-state index is 0.149. The molecule has 4 amide bonds. The molecule has 0 saturated carbocycles. The number of carbonyl (C=O) groups is 4. The lowest BCUT2D eigenvalue weighted by atomic mass is 10.1. The van der Waals surface area contributed by atoms with Crippen LogP contribution in [-0.4, -0.2) is 76.3 Å². The molecule has 0 spiro atoms. The molecule has 1 aromatic heterocycles. The van der Waals surface area contributed by atoms with Gasteiger partial charge in [0.05, 0.1) is 23.7 Å². The van der Waals surface area contributed by atoms with Gasteiger partial charge >= 0.3 is 0 Å². The summed E-state index contributed by atoms with van der Waals surface area (Å²) in [6.07, 6.45) is 6.44. The van der Waals surface area contributed by atoms with E-state index in [1.807, 2.05) is 0 Å². The molecular weight excluding hydrogens is 464 g/mol. The van der Waals surface area contributed by atoms with Gasteiger partial charge in [0.1, 0.15) is 24.4 Å². The van der Waals surface area contributed by atoms with E-state index in [4.69, 9.17) is 4.74 Å². The Labute approximate surface area is 209 Å². The van der Waals surface area contributed by atoms with E-state index in [0.29, 0.717) is 24.4 Å². The lowest BCUT2D eigenvalue weighted by Crippen LogP contribution is -2.53. The van der Waals surface area contributed by atoms with E-state index in [2.05, 4.69) is 25.9 Å². The van der Waals surface area contributed by atoms with Crippen molar-refractivity contribution in [2.45, 2.75) is 50.7 Å². The van der Waals surface area contributed by atoms with Crippen LogP contribution >= 0.6 is 0 Å². The summed E-state index contributed by atoms with van der Waals surface area (Å²) < 4.78 is 5.98. The minimum Gasteiger partial charge on any atom is -0.491 e. The monoisotopic (exact) mass is 494 g/mol. The Morgan fingerprint density at radius 1 is 1.19 bits per heavy atom. The molecule has 0 aliphatic carbocycles. The van der Waals surface area contributed by atoms with Crippen molar-refractivity contribution in [3.05, 3.63) is 54.1 Å². The Morgan fingerprint density at radius 2 is 2.03 bits per heavy atom. The van der Waals surface area contributed by atoms with Crippen molar-refractivity contribution in [2.24, 2.45) is 0 Å². The van der Waals surface area contributed by atoms with Crippen LogP contribution < -0.4 is 20.7 Å². The van der Waals surface area contributed by atoms with Gasteiger partial charge in [0, 0.05) is 38.1 Å². The third-order valence-corrected chi connectivity index (χ3v) is 6.28. The van der Waals surface area contributed by atoms with Crippen LogP contribution in [0.4, 0.5) is 0 Å². The molecule has 1 saturated heterocycles. The van der Waals surface area contributed by atoms with Crippen molar-refractivity contribution in [2.75, 3.05) is 19.7 Å². The number of hydrogen-bond donors (Lipinski definition) is 3. The zero-order valence-corrected chi connectivity index (χ0v) is 20.1. The number of rotatable bonds is 4. The summed E-state index contributed by atoms with van der Waals surface area (Å²) in [6.45, 7) is 2.66. The first kappa shape index (κ1) is 25.1. The molecule has 3 N–H and O–H groups in total. The van der Waals surface area contributed by atoms with Gasteiger partial charge in [-0.1, -0.05) is 12.1 Å². The van der Waals surface area contributed by atoms with Gasteiger partial charge in [-0.05, 0) is 31.9 Å². The van der Waals surface area contributed by atoms with E-state index in [0.717, 1.165) is 12.8 Å². The minimum atomic E-state index is -1.16. The maximum atomic E-state index is 13.2. The lowest BCUT2D eigenvalue weighted by Gasteiger charge is -2.29. The van der Waals surface area contributed by atoms with Crippen LogP contribution in [0.3, 0.4) is 0 Å². The highest BCUT2D eigenvalue weighted by Gasteiger charge is 2.34. The van der Waals surface area contributed by atoms with Crippen LogP contribution in [0, 0.1) is 0 Å². The molecular formula is C25H30N6O5. The first-order chi connectivity index (χ1) is 17.4. The first-order valence-corrected chi connectivity index (χ1v) is 12.1. The third kappa shape index (κ3) is 6.15. The summed E-state index contributed by atoms with van der Waals surface area (Å²) in [5.41, 5.74) is 0.945. The number of fused-ring (bicyclic) bond motifs is 2. The van der Waals surface area contributed by atoms with E-state index >= 15 is 0 Å². The maximum Gasteiger partial charge on any atom is 0.255 e. The largest absolute Gasteiger partial charge is 0.491 e. The number of nitrogens with zero attached hydrogens (tertiary/aromatic N) is 3. The average molecular weight is 495 g/mol. The molecule has 0 unspecified atom stereocenters. The van der Waals surface area contributed by atoms with Gasteiger partial charge in [-0.15, -0.1) is 0 Å². The Kier molecular flexibility index (Phi) is 8.09. The maximum absolute atomic E-state index is 13.2. The number of hydrogen-bond acceptors (Lipinski definition) is 7. The smallest absolute Gasteiger partial charge is 0.255 e. The van der Waals surface area contributed by atoms with E-state index in [1.165, 1.54) is 0 Å². The molecule has 2 aromatic rings. The SMILES string of the molecule is C[C@@H]1NC(=O)C[C@@H](C(=O)NCCc2cnccn2)NC(=O)c2ccccc2OC[C@H]2CCCN2C1=O. The molecule has 1 aromatic carbocycles. The quantitative estimate of drug-likeness (QED) is 0.552. The van der Waals surface area contributed by atoms with Crippen molar-refractivity contribution in [1.29, 1.82) is 0 Å². The van der Waals surface area contributed by atoms with Gasteiger partial charge in [0.15, 0.2) is 0 Å². The normalized spacial score (nSPS) is 22.9. The predicted molar refractivity (Wildman–Crippen MR) is 129 cm³/mol. The highest BCUT2D eigenvalue weighted by Crippen LogP contribution is 2.23. The van der Waals surface area contributed by atoms with Gasteiger partial charge < -0.3 is 25.6 Å². The van der Waals surface area contributed by atoms with Gasteiger partial charge in [-0.2, -0.15) is 0 Å². The summed E-state index contributed by atoms with van der Waals surface area (Å²) in [4.78, 5) is 61.8. The van der Waals surface area contributed by atoms with Crippen LogP contribution in [0.25, 0.3) is 0 Å². The molecule has 4 rings (SSSR count). The molecule has 11 nitrogen and oxygen atoms in total. The fraction of sp³-hybridized carbons (Fsp3) is 0.440. The molecule has 0 bridgehead atoms. The summed E-state index contributed by atoms with van der Waals surface area (Å²) in [5.74, 6) is -1.41. The second kappa shape index (κ2) is 11.6. The summed E-state index contributed by atoms with van der Waals surface area (Å²) in [7, 11) is 0. The summed E-state index contributed by atoms with van der Waals surface area (Å²) >= 11 is 0. The molecule has 0 radical (unpaired) electrons. The standard InChI is InChI=1S/C25H30N6O5/c1-16-25(35)31-12-4-5-18(31)15-36-21-7-3-2-6-19(21)23(33)30-20(13-22(32)29-16)24(34)28-9-8-17-14-26-10-11-27-17/h2-3,6-7,10-11,14,16,18,20H,4-5,8-9,12-13,15H2,1H3,(H,28,34)(H,29,32)(H,30,33)/t16-,18+,20-/m0/s1. The Morgan fingerprint density at radius 3 is 2.83 bits per heavy atom. The molecule has 3 heterocycles. The Hall–Kier alpha value is -4.02. The first-order valence-electron chi connectivity index (χ1n) is 12.1. The van der Waals surface area contributed by atoms with Gasteiger partial charge in [0.2, 0.25) is 17.7 Å². The Bertz CT molecular complexity index is 1110. The van der Waals surface area contributed by atoms with Gasteiger partial charge in [-0.25, -0.2) is 0 Å². The predicted octanol–water partition coefficient (Wildman–Crippen LogP) is 0.212. The average Bonchev–Trinajstić information content (AvgIpc) is 3.35.